The third kappa shape index (κ3) is 5.19. The largest absolute Gasteiger partial charge is 0.490 e. The van der Waals surface area contributed by atoms with Crippen molar-refractivity contribution in [1.29, 1.82) is 0 Å². The van der Waals surface area contributed by atoms with Gasteiger partial charge in [-0.15, -0.1) is 0 Å². The van der Waals surface area contributed by atoms with E-state index in [9.17, 15) is 14.0 Å². The standard InChI is InChI=1S/C24H24FN3O4S/c1-3-31-18-10-7-15(11-19(18)32-4-2)17-12-20(29)26-22-21(17)23(30)28-24(27-22)33-13-14-5-8-16(25)9-6-14/h5-11,17H,3-4,12-13H2,1-2H3,(H2,26,27,28,29,30)/t17-/m1/s1. The number of carbonyl (C=O) groups is 1. The van der Waals surface area contributed by atoms with Gasteiger partial charge in [-0.05, 0) is 49.2 Å². The van der Waals surface area contributed by atoms with Gasteiger partial charge in [0, 0.05) is 18.1 Å². The smallest absolute Gasteiger partial charge is 0.257 e. The predicted octanol–water partition coefficient (Wildman–Crippen LogP) is 4.47. The molecule has 0 aliphatic carbocycles. The van der Waals surface area contributed by atoms with Crippen LogP contribution in [-0.2, 0) is 10.5 Å². The van der Waals surface area contributed by atoms with Crippen LogP contribution >= 0.6 is 11.8 Å². The van der Waals surface area contributed by atoms with Gasteiger partial charge in [0.2, 0.25) is 5.91 Å². The molecule has 0 bridgehead atoms. The number of aromatic amines is 1. The number of carbonyl (C=O) groups excluding carboxylic acids is 1. The fraction of sp³-hybridized carbons (Fsp3) is 0.292. The number of hydrogen-bond acceptors (Lipinski definition) is 6. The van der Waals surface area contributed by atoms with E-state index < -0.39 is 5.92 Å². The Morgan fingerprint density at radius 2 is 1.79 bits per heavy atom. The molecule has 3 aromatic rings. The third-order valence-corrected chi connectivity index (χ3v) is 6.13. The van der Waals surface area contributed by atoms with Crippen LogP contribution in [0, 0.1) is 5.82 Å². The zero-order chi connectivity index (χ0) is 23.4. The first kappa shape index (κ1) is 22.8. The first-order chi connectivity index (χ1) is 16.0. The Hall–Kier alpha value is -3.33. The van der Waals surface area contributed by atoms with Crippen LogP contribution < -0.4 is 20.3 Å². The van der Waals surface area contributed by atoms with E-state index in [1.807, 2.05) is 26.0 Å². The molecule has 1 amide bonds. The maximum absolute atomic E-state index is 13.1. The van der Waals surface area contributed by atoms with E-state index in [0.29, 0.717) is 41.2 Å². The van der Waals surface area contributed by atoms with E-state index in [4.69, 9.17) is 9.47 Å². The van der Waals surface area contributed by atoms with Crippen LogP contribution in [0.2, 0.25) is 0 Å². The van der Waals surface area contributed by atoms with Crippen molar-refractivity contribution in [3.63, 3.8) is 0 Å². The zero-order valence-corrected chi connectivity index (χ0v) is 19.1. The molecule has 7 nitrogen and oxygen atoms in total. The second kappa shape index (κ2) is 10.1. The molecular weight excluding hydrogens is 445 g/mol. The average Bonchev–Trinajstić information content (AvgIpc) is 2.79. The van der Waals surface area contributed by atoms with Crippen molar-refractivity contribution in [2.24, 2.45) is 0 Å². The number of amides is 1. The molecule has 4 rings (SSSR count). The van der Waals surface area contributed by atoms with Crippen molar-refractivity contribution < 1.29 is 18.7 Å². The number of rotatable bonds is 8. The number of H-pyrrole nitrogens is 1. The number of ether oxygens (including phenoxy) is 2. The van der Waals surface area contributed by atoms with Crippen molar-refractivity contribution in [1.82, 2.24) is 9.97 Å². The number of anilines is 1. The second-order valence-corrected chi connectivity index (χ2v) is 8.39. The normalized spacial score (nSPS) is 15.0. The number of nitrogens with one attached hydrogen (secondary N) is 2. The summed E-state index contributed by atoms with van der Waals surface area (Å²) in [5.74, 6) is 0.954. The summed E-state index contributed by atoms with van der Waals surface area (Å²) in [4.78, 5) is 32.8. The highest BCUT2D eigenvalue weighted by atomic mass is 32.2. The Morgan fingerprint density at radius 1 is 1.06 bits per heavy atom. The molecule has 0 fully saturated rings. The monoisotopic (exact) mass is 469 g/mol. The molecule has 0 spiro atoms. The molecule has 1 atom stereocenters. The minimum Gasteiger partial charge on any atom is -0.490 e. The van der Waals surface area contributed by atoms with Crippen molar-refractivity contribution in [2.45, 2.75) is 37.1 Å². The van der Waals surface area contributed by atoms with E-state index in [1.165, 1.54) is 23.9 Å². The lowest BCUT2D eigenvalue weighted by Gasteiger charge is -2.25. The van der Waals surface area contributed by atoms with E-state index in [-0.39, 0.29) is 29.5 Å². The first-order valence-electron chi connectivity index (χ1n) is 10.7. The maximum atomic E-state index is 13.1. The SMILES string of the molecule is CCOc1ccc([C@H]2CC(=O)Nc3nc(SCc4ccc(F)cc4)[nH]c(=O)c32)cc1OCC. The summed E-state index contributed by atoms with van der Waals surface area (Å²) in [6, 6.07) is 11.6. The summed E-state index contributed by atoms with van der Waals surface area (Å²) in [5.41, 5.74) is 1.77. The van der Waals surface area contributed by atoms with E-state index in [1.54, 1.807) is 18.2 Å². The number of thioether (sulfide) groups is 1. The maximum Gasteiger partial charge on any atom is 0.257 e. The molecule has 1 aromatic heterocycles. The van der Waals surface area contributed by atoms with Gasteiger partial charge >= 0.3 is 0 Å². The highest BCUT2D eigenvalue weighted by molar-refractivity contribution is 7.98. The Bertz CT molecular complexity index is 1210. The molecule has 33 heavy (non-hydrogen) atoms. The molecule has 1 aliphatic rings. The summed E-state index contributed by atoms with van der Waals surface area (Å²) in [7, 11) is 0. The Balaban J connectivity index is 1.64. The molecule has 9 heteroatoms. The summed E-state index contributed by atoms with van der Waals surface area (Å²) in [5, 5.41) is 3.11. The van der Waals surface area contributed by atoms with Gasteiger partial charge in [0.15, 0.2) is 16.7 Å². The molecule has 0 saturated carbocycles. The summed E-state index contributed by atoms with van der Waals surface area (Å²) in [6.45, 7) is 4.73. The van der Waals surface area contributed by atoms with Crippen LogP contribution in [0.5, 0.6) is 11.5 Å². The Kier molecular flexibility index (Phi) is 6.98. The van der Waals surface area contributed by atoms with Crippen LogP contribution in [0.1, 0.15) is 42.9 Å². The molecule has 0 unspecified atom stereocenters. The van der Waals surface area contributed by atoms with Crippen LogP contribution in [-0.4, -0.2) is 29.1 Å². The third-order valence-electron chi connectivity index (χ3n) is 5.19. The van der Waals surface area contributed by atoms with Gasteiger partial charge in [0.05, 0.1) is 18.8 Å². The number of fused-ring (bicyclic) bond motifs is 1. The molecule has 2 N–H and O–H groups in total. The number of aromatic nitrogens is 2. The topological polar surface area (TPSA) is 93.3 Å². The fourth-order valence-electron chi connectivity index (χ4n) is 3.72. The van der Waals surface area contributed by atoms with Gasteiger partial charge in [-0.2, -0.15) is 0 Å². The van der Waals surface area contributed by atoms with Gasteiger partial charge < -0.3 is 19.8 Å². The quantitative estimate of drug-likeness (QED) is 0.373. The van der Waals surface area contributed by atoms with Crippen molar-refractivity contribution in [3.05, 3.63) is 75.3 Å². The fourth-order valence-corrected chi connectivity index (χ4v) is 4.54. The van der Waals surface area contributed by atoms with Crippen LogP contribution in [0.4, 0.5) is 10.2 Å². The number of nitrogens with zero attached hydrogens (tertiary/aromatic N) is 1. The predicted molar refractivity (Wildman–Crippen MR) is 125 cm³/mol. The van der Waals surface area contributed by atoms with Crippen LogP contribution in [0.3, 0.4) is 0 Å². The van der Waals surface area contributed by atoms with Crippen molar-refractivity contribution in [2.75, 3.05) is 18.5 Å². The average molecular weight is 470 g/mol. The lowest BCUT2D eigenvalue weighted by atomic mass is 9.86. The number of halogens is 1. The van der Waals surface area contributed by atoms with Gasteiger partial charge in [-0.3, -0.25) is 9.59 Å². The lowest BCUT2D eigenvalue weighted by Crippen LogP contribution is -2.31. The molecule has 2 heterocycles. The molecule has 0 radical (unpaired) electrons. The second-order valence-electron chi connectivity index (χ2n) is 7.43. The van der Waals surface area contributed by atoms with E-state index in [2.05, 4.69) is 15.3 Å². The zero-order valence-electron chi connectivity index (χ0n) is 18.3. The van der Waals surface area contributed by atoms with Gasteiger partial charge in [0.1, 0.15) is 11.6 Å². The Morgan fingerprint density at radius 3 is 2.52 bits per heavy atom. The minimum atomic E-state index is -0.462. The molecule has 2 aromatic carbocycles. The number of benzene rings is 2. The van der Waals surface area contributed by atoms with E-state index >= 15 is 0 Å². The van der Waals surface area contributed by atoms with Gasteiger partial charge in [0.25, 0.3) is 5.56 Å². The Labute approximate surface area is 194 Å². The summed E-state index contributed by atoms with van der Waals surface area (Å²) in [6.07, 6.45) is 0.124. The van der Waals surface area contributed by atoms with Gasteiger partial charge in [-0.25, -0.2) is 9.37 Å². The van der Waals surface area contributed by atoms with E-state index in [0.717, 1.165) is 11.1 Å². The van der Waals surface area contributed by atoms with Crippen LogP contribution in [0.25, 0.3) is 0 Å². The highest BCUT2D eigenvalue weighted by Gasteiger charge is 2.31. The lowest BCUT2D eigenvalue weighted by molar-refractivity contribution is -0.116. The molecule has 0 saturated heterocycles. The summed E-state index contributed by atoms with van der Waals surface area (Å²) < 4.78 is 24.4. The van der Waals surface area contributed by atoms with Gasteiger partial charge in [-0.1, -0.05) is 30.0 Å². The minimum absolute atomic E-state index is 0.124. The van der Waals surface area contributed by atoms with Crippen LogP contribution in [0.15, 0.2) is 52.4 Å². The van der Waals surface area contributed by atoms with Crippen molar-refractivity contribution >= 4 is 23.5 Å². The molecule has 172 valence electrons. The number of hydrogen-bond donors (Lipinski definition) is 2. The first-order valence-corrected chi connectivity index (χ1v) is 11.7. The molecular formula is C24H24FN3O4S. The molecule has 1 aliphatic heterocycles. The summed E-state index contributed by atoms with van der Waals surface area (Å²) >= 11 is 1.30. The van der Waals surface area contributed by atoms with Crippen molar-refractivity contribution in [3.8, 4) is 11.5 Å². The highest BCUT2D eigenvalue weighted by Crippen LogP contribution is 2.38.